The number of halogens is 1. The Labute approximate surface area is 183 Å². The van der Waals surface area contributed by atoms with E-state index in [0.717, 1.165) is 5.56 Å². The summed E-state index contributed by atoms with van der Waals surface area (Å²) in [7, 11) is 0. The van der Waals surface area contributed by atoms with E-state index in [0.29, 0.717) is 33.4 Å². The number of carbonyl (C=O) groups is 2. The standard InChI is InChI=1S/C23H17ClN2O5/c24-18-7-4-15(5-8-18)11-22(27)26-25-13-16-2-1-3-19(10-16)31-23(28)17-6-9-20-21(12-17)30-14-29-20/h1-10,12-13H,11,14H2,(H,26,27). The fraction of sp³-hybridized carbons (Fsp3) is 0.0870. The lowest BCUT2D eigenvalue weighted by Gasteiger charge is -2.06. The van der Waals surface area contributed by atoms with Crippen molar-refractivity contribution in [3.8, 4) is 17.2 Å². The quantitative estimate of drug-likeness (QED) is 0.273. The van der Waals surface area contributed by atoms with Gasteiger partial charge in [0.15, 0.2) is 11.5 Å². The maximum Gasteiger partial charge on any atom is 0.343 e. The Bertz CT molecular complexity index is 1140. The highest BCUT2D eigenvalue weighted by Gasteiger charge is 2.17. The molecule has 0 aromatic heterocycles. The molecule has 0 fully saturated rings. The van der Waals surface area contributed by atoms with Crippen molar-refractivity contribution in [1.82, 2.24) is 5.43 Å². The predicted octanol–water partition coefficient (Wildman–Crippen LogP) is 3.98. The van der Waals surface area contributed by atoms with E-state index in [-0.39, 0.29) is 19.1 Å². The van der Waals surface area contributed by atoms with Crippen molar-refractivity contribution >= 4 is 29.7 Å². The summed E-state index contributed by atoms with van der Waals surface area (Å²) < 4.78 is 15.9. The zero-order valence-corrected chi connectivity index (χ0v) is 17.0. The van der Waals surface area contributed by atoms with Crippen LogP contribution in [0.4, 0.5) is 0 Å². The molecule has 0 radical (unpaired) electrons. The lowest BCUT2D eigenvalue weighted by molar-refractivity contribution is -0.120. The van der Waals surface area contributed by atoms with Crippen LogP contribution in [0.1, 0.15) is 21.5 Å². The molecule has 3 aromatic carbocycles. The van der Waals surface area contributed by atoms with E-state index < -0.39 is 5.97 Å². The summed E-state index contributed by atoms with van der Waals surface area (Å²) in [5.41, 5.74) is 4.30. The van der Waals surface area contributed by atoms with E-state index >= 15 is 0 Å². The van der Waals surface area contributed by atoms with Crippen LogP contribution in [0.5, 0.6) is 17.2 Å². The molecule has 8 heteroatoms. The molecule has 156 valence electrons. The smallest absolute Gasteiger partial charge is 0.343 e. The molecule has 0 spiro atoms. The molecule has 1 amide bonds. The van der Waals surface area contributed by atoms with Gasteiger partial charge in [-0.15, -0.1) is 0 Å². The van der Waals surface area contributed by atoms with Crippen LogP contribution in [0, 0.1) is 0 Å². The zero-order chi connectivity index (χ0) is 21.6. The van der Waals surface area contributed by atoms with Gasteiger partial charge in [-0.3, -0.25) is 4.79 Å². The van der Waals surface area contributed by atoms with E-state index in [9.17, 15) is 9.59 Å². The SMILES string of the molecule is O=C(Cc1ccc(Cl)cc1)NN=Cc1cccc(OC(=O)c2ccc3c(c2)OCO3)c1. The Balaban J connectivity index is 1.34. The number of nitrogens with zero attached hydrogens (tertiary/aromatic N) is 1. The third-order valence-electron chi connectivity index (χ3n) is 4.36. The molecule has 4 rings (SSSR count). The molecule has 1 heterocycles. The van der Waals surface area contributed by atoms with Crippen molar-refractivity contribution in [2.24, 2.45) is 5.10 Å². The minimum absolute atomic E-state index is 0.130. The second-order valence-electron chi connectivity index (χ2n) is 6.63. The van der Waals surface area contributed by atoms with Crippen LogP contribution in [0.15, 0.2) is 71.8 Å². The highest BCUT2D eigenvalue weighted by atomic mass is 35.5. The van der Waals surface area contributed by atoms with Crippen molar-refractivity contribution in [1.29, 1.82) is 0 Å². The minimum Gasteiger partial charge on any atom is -0.454 e. The van der Waals surface area contributed by atoms with Crippen molar-refractivity contribution in [2.75, 3.05) is 6.79 Å². The molecule has 3 aromatic rings. The lowest BCUT2D eigenvalue weighted by atomic mass is 10.1. The maximum atomic E-state index is 12.4. The Morgan fingerprint density at radius 1 is 1.03 bits per heavy atom. The normalized spacial score (nSPS) is 12.0. The first-order valence-electron chi connectivity index (χ1n) is 9.35. The Morgan fingerprint density at radius 3 is 2.68 bits per heavy atom. The molecule has 31 heavy (non-hydrogen) atoms. The summed E-state index contributed by atoms with van der Waals surface area (Å²) >= 11 is 5.83. The van der Waals surface area contributed by atoms with E-state index in [1.165, 1.54) is 6.21 Å². The molecule has 1 aliphatic heterocycles. The van der Waals surface area contributed by atoms with Crippen LogP contribution in [0.25, 0.3) is 0 Å². The number of ether oxygens (including phenoxy) is 3. The molecule has 0 saturated carbocycles. The number of fused-ring (bicyclic) bond motifs is 1. The van der Waals surface area contributed by atoms with Crippen molar-refractivity contribution in [2.45, 2.75) is 6.42 Å². The first kappa shape index (κ1) is 20.4. The number of hydrogen-bond donors (Lipinski definition) is 1. The predicted molar refractivity (Wildman–Crippen MR) is 115 cm³/mol. The molecular formula is C23H17ClN2O5. The second-order valence-corrected chi connectivity index (χ2v) is 7.06. The van der Waals surface area contributed by atoms with E-state index in [1.807, 2.05) is 0 Å². The van der Waals surface area contributed by atoms with E-state index in [1.54, 1.807) is 66.7 Å². The molecule has 0 bridgehead atoms. The summed E-state index contributed by atoms with van der Waals surface area (Å²) in [6, 6.07) is 18.6. The van der Waals surface area contributed by atoms with Crippen LogP contribution >= 0.6 is 11.6 Å². The van der Waals surface area contributed by atoms with Gasteiger partial charge in [-0.1, -0.05) is 35.9 Å². The van der Waals surface area contributed by atoms with Gasteiger partial charge in [-0.05, 0) is 53.6 Å². The summed E-state index contributed by atoms with van der Waals surface area (Å²) in [5, 5.41) is 4.56. The summed E-state index contributed by atoms with van der Waals surface area (Å²) in [6.45, 7) is 0.130. The summed E-state index contributed by atoms with van der Waals surface area (Å²) in [5.74, 6) is 0.657. The van der Waals surface area contributed by atoms with Crippen molar-refractivity contribution in [3.05, 3.63) is 88.4 Å². The Morgan fingerprint density at radius 2 is 1.84 bits per heavy atom. The molecule has 0 unspecified atom stereocenters. The van der Waals surface area contributed by atoms with Gasteiger partial charge >= 0.3 is 5.97 Å². The molecule has 1 N–H and O–H groups in total. The summed E-state index contributed by atoms with van der Waals surface area (Å²) in [6.07, 6.45) is 1.65. The van der Waals surface area contributed by atoms with Crippen LogP contribution in [0.2, 0.25) is 5.02 Å². The second kappa shape index (κ2) is 9.32. The van der Waals surface area contributed by atoms with Gasteiger partial charge in [-0.2, -0.15) is 5.10 Å². The molecular weight excluding hydrogens is 420 g/mol. The van der Waals surface area contributed by atoms with E-state index in [2.05, 4.69) is 10.5 Å². The Kier molecular flexibility index (Phi) is 6.14. The number of hydrazone groups is 1. The number of nitrogens with one attached hydrogen (secondary N) is 1. The lowest BCUT2D eigenvalue weighted by Crippen LogP contribution is -2.19. The van der Waals surface area contributed by atoms with Gasteiger partial charge < -0.3 is 14.2 Å². The highest BCUT2D eigenvalue weighted by molar-refractivity contribution is 6.30. The topological polar surface area (TPSA) is 86.2 Å². The Hall–Kier alpha value is -3.84. The molecule has 7 nitrogen and oxygen atoms in total. The number of benzene rings is 3. The molecule has 0 atom stereocenters. The molecule has 0 aliphatic carbocycles. The van der Waals surface area contributed by atoms with Gasteiger partial charge in [0, 0.05) is 5.02 Å². The zero-order valence-electron chi connectivity index (χ0n) is 16.2. The van der Waals surface area contributed by atoms with Gasteiger partial charge in [-0.25, -0.2) is 10.2 Å². The van der Waals surface area contributed by atoms with E-state index in [4.69, 9.17) is 25.8 Å². The molecule has 0 saturated heterocycles. The van der Waals surface area contributed by atoms with Crippen molar-refractivity contribution < 1.29 is 23.8 Å². The van der Waals surface area contributed by atoms with Gasteiger partial charge in [0.2, 0.25) is 12.7 Å². The van der Waals surface area contributed by atoms with Crippen LogP contribution in [-0.4, -0.2) is 24.9 Å². The van der Waals surface area contributed by atoms with Gasteiger partial charge in [0.1, 0.15) is 5.75 Å². The van der Waals surface area contributed by atoms with Crippen LogP contribution in [-0.2, 0) is 11.2 Å². The fourth-order valence-corrected chi connectivity index (χ4v) is 2.98. The third-order valence-corrected chi connectivity index (χ3v) is 4.61. The highest BCUT2D eigenvalue weighted by Crippen LogP contribution is 2.32. The first-order valence-corrected chi connectivity index (χ1v) is 9.73. The van der Waals surface area contributed by atoms with Gasteiger partial charge in [0.25, 0.3) is 0 Å². The number of esters is 1. The summed E-state index contributed by atoms with van der Waals surface area (Å²) in [4.78, 5) is 24.4. The largest absolute Gasteiger partial charge is 0.454 e. The number of hydrogen-bond acceptors (Lipinski definition) is 6. The monoisotopic (exact) mass is 436 g/mol. The average Bonchev–Trinajstić information content (AvgIpc) is 3.23. The average molecular weight is 437 g/mol. The first-order chi connectivity index (χ1) is 15.1. The fourth-order valence-electron chi connectivity index (χ4n) is 2.85. The minimum atomic E-state index is -0.524. The number of carbonyl (C=O) groups excluding carboxylic acids is 2. The third kappa shape index (κ3) is 5.40. The maximum absolute atomic E-state index is 12.4. The van der Waals surface area contributed by atoms with Crippen LogP contribution < -0.4 is 19.6 Å². The number of amides is 1. The number of rotatable bonds is 6. The van der Waals surface area contributed by atoms with Crippen molar-refractivity contribution in [3.63, 3.8) is 0 Å². The van der Waals surface area contributed by atoms with Crippen LogP contribution in [0.3, 0.4) is 0 Å². The molecule has 1 aliphatic rings. The van der Waals surface area contributed by atoms with Gasteiger partial charge in [0.05, 0.1) is 18.2 Å².